The van der Waals surface area contributed by atoms with Gasteiger partial charge >= 0.3 is 0 Å². The molecule has 0 fully saturated rings. The summed E-state index contributed by atoms with van der Waals surface area (Å²) in [4.78, 5) is 10.0. The second-order valence-corrected chi connectivity index (χ2v) is 5.60. The van der Waals surface area contributed by atoms with E-state index in [1.807, 2.05) is 13.8 Å². The van der Waals surface area contributed by atoms with Crippen LogP contribution in [0.2, 0.25) is 0 Å². The monoisotopic (exact) mass is 277 g/mol. The van der Waals surface area contributed by atoms with Crippen molar-refractivity contribution in [2.45, 2.75) is 33.2 Å². The van der Waals surface area contributed by atoms with Gasteiger partial charge in [0.2, 0.25) is 0 Å². The average Bonchev–Trinajstić information content (AvgIpc) is 2.86. The lowest BCUT2D eigenvalue weighted by atomic mass is 10.2. The summed E-state index contributed by atoms with van der Waals surface area (Å²) in [6.07, 6.45) is 0.978. The third kappa shape index (κ3) is 3.42. The molecule has 0 amide bonds. The van der Waals surface area contributed by atoms with E-state index in [0.717, 1.165) is 17.8 Å². The lowest BCUT2D eigenvalue weighted by molar-refractivity contribution is 0.789. The lowest BCUT2D eigenvalue weighted by Gasteiger charge is -2.17. The fourth-order valence-corrected chi connectivity index (χ4v) is 2.76. The molecule has 0 aliphatic rings. The van der Waals surface area contributed by atoms with E-state index < -0.39 is 0 Å². The van der Waals surface area contributed by atoms with Crippen molar-refractivity contribution < 1.29 is 0 Å². The van der Waals surface area contributed by atoms with Gasteiger partial charge in [0.25, 0.3) is 0 Å². The number of aromatic nitrogens is 2. The Morgan fingerprint density at radius 3 is 2.68 bits per heavy atom. The Labute approximate surface area is 117 Å². The minimum atomic E-state index is 0.303. The normalized spacial score (nSPS) is 12.2. The molecule has 0 saturated heterocycles. The number of nitrogens with two attached hydrogens (primary N) is 1. The summed E-state index contributed by atoms with van der Waals surface area (Å²) in [5.41, 5.74) is 3.54. The number of rotatable bonds is 5. The van der Waals surface area contributed by atoms with Crippen LogP contribution in [0.4, 0.5) is 11.6 Å². The van der Waals surface area contributed by atoms with Crippen LogP contribution < -0.4 is 16.6 Å². The first-order valence-electron chi connectivity index (χ1n) is 6.21. The number of aryl methyl sites for hydroxylation is 1. The second-order valence-electron chi connectivity index (χ2n) is 4.57. The Morgan fingerprint density at radius 1 is 1.32 bits per heavy atom. The van der Waals surface area contributed by atoms with Crippen LogP contribution in [0.25, 0.3) is 0 Å². The highest BCUT2D eigenvalue weighted by atomic mass is 32.1. The molecular weight excluding hydrogens is 258 g/mol. The molecule has 0 aromatic carbocycles. The molecule has 0 aliphatic heterocycles. The molecule has 2 rings (SSSR count). The zero-order chi connectivity index (χ0) is 13.8. The first-order chi connectivity index (χ1) is 9.10. The zero-order valence-corrected chi connectivity index (χ0v) is 12.2. The van der Waals surface area contributed by atoms with Gasteiger partial charge in [-0.25, -0.2) is 15.8 Å². The quantitative estimate of drug-likeness (QED) is 0.578. The predicted molar refractivity (Wildman–Crippen MR) is 80.4 cm³/mol. The van der Waals surface area contributed by atoms with Crippen molar-refractivity contribution in [3.05, 3.63) is 33.8 Å². The topological polar surface area (TPSA) is 75.9 Å². The van der Waals surface area contributed by atoms with E-state index in [-0.39, 0.29) is 0 Å². The highest BCUT2D eigenvalue weighted by Gasteiger charge is 2.11. The minimum Gasteiger partial charge on any atom is -0.367 e. The fraction of sp³-hybridized carbons (Fsp3) is 0.385. The van der Waals surface area contributed by atoms with Gasteiger partial charge in [-0.15, -0.1) is 11.3 Å². The van der Waals surface area contributed by atoms with Crippen molar-refractivity contribution in [1.82, 2.24) is 9.97 Å². The van der Waals surface area contributed by atoms with Crippen LogP contribution >= 0.6 is 11.3 Å². The highest BCUT2D eigenvalue weighted by molar-refractivity contribution is 7.09. The third-order valence-corrected chi connectivity index (χ3v) is 3.76. The summed E-state index contributed by atoms with van der Waals surface area (Å²) in [6, 6.07) is 4.52. The number of anilines is 2. The van der Waals surface area contributed by atoms with Crippen molar-refractivity contribution in [3.8, 4) is 0 Å². The first-order valence-corrected chi connectivity index (χ1v) is 7.09. The van der Waals surface area contributed by atoms with E-state index in [2.05, 4.69) is 45.1 Å². The predicted octanol–water partition coefficient (Wildman–Crippen LogP) is 2.48. The SMILES string of the molecule is Cc1nc(NN)c(C)c(NC(C)Cc2cccs2)n1. The molecule has 1 atom stereocenters. The third-order valence-electron chi connectivity index (χ3n) is 2.86. The lowest BCUT2D eigenvalue weighted by Crippen LogP contribution is -2.21. The summed E-state index contributed by atoms with van der Waals surface area (Å²) in [5.74, 6) is 7.66. The smallest absolute Gasteiger partial charge is 0.148 e. The van der Waals surface area contributed by atoms with Crippen molar-refractivity contribution in [2.75, 3.05) is 10.7 Å². The molecule has 2 aromatic heterocycles. The van der Waals surface area contributed by atoms with Gasteiger partial charge < -0.3 is 10.7 Å². The van der Waals surface area contributed by atoms with Gasteiger partial charge in [-0.2, -0.15) is 0 Å². The molecule has 0 aliphatic carbocycles. The summed E-state index contributed by atoms with van der Waals surface area (Å²) in [5, 5.41) is 5.52. The number of nitrogens with one attached hydrogen (secondary N) is 2. The molecule has 6 heteroatoms. The Bertz CT molecular complexity index is 538. The number of hydrazine groups is 1. The summed E-state index contributed by atoms with van der Waals surface area (Å²) in [6.45, 7) is 5.95. The van der Waals surface area contributed by atoms with Crippen molar-refractivity contribution in [1.29, 1.82) is 0 Å². The average molecular weight is 277 g/mol. The number of hydrogen-bond acceptors (Lipinski definition) is 6. The molecule has 0 spiro atoms. The van der Waals surface area contributed by atoms with E-state index in [9.17, 15) is 0 Å². The molecule has 2 aromatic rings. The van der Waals surface area contributed by atoms with E-state index in [1.54, 1.807) is 11.3 Å². The molecule has 4 N–H and O–H groups in total. The molecule has 0 saturated carbocycles. The zero-order valence-electron chi connectivity index (χ0n) is 11.4. The van der Waals surface area contributed by atoms with E-state index in [4.69, 9.17) is 5.84 Å². The van der Waals surface area contributed by atoms with Crippen LogP contribution in [0.1, 0.15) is 23.2 Å². The van der Waals surface area contributed by atoms with E-state index >= 15 is 0 Å². The van der Waals surface area contributed by atoms with Crippen LogP contribution in [0.15, 0.2) is 17.5 Å². The molecule has 0 bridgehead atoms. The Kier molecular flexibility index (Phi) is 4.34. The number of hydrogen-bond donors (Lipinski definition) is 3. The molecule has 0 radical (unpaired) electrons. The minimum absolute atomic E-state index is 0.303. The van der Waals surface area contributed by atoms with Crippen molar-refractivity contribution in [3.63, 3.8) is 0 Å². The maximum Gasteiger partial charge on any atom is 0.148 e. The van der Waals surface area contributed by atoms with Crippen LogP contribution in [0, 0.1) is 13.8 Å². The van der Waals surface area contributed by atoms with Gasteiger partial charge in [0.1, 0.15) is 17.5 Å². The van der Waals surface area contributed by atoms with E-state index in [0.29, 0.717) is 17.7 Å². The van der Waals surface area contributed by atoms with Crippen LogP contribution in [-0.2, 0) is 6.42 Å². The molecule has 102 valence electrons. The molecular formula is C13H19N5S. The maximum absolute atomic E-state index is 5.46. The van der Waals surface area contributed by atoms with Gasteiger partial charge in [-0.1, -0.05) is 6.07 Å². The highest BCUT2D eigenvalue weighted by Crippen LogP contribution is 2.21. The first kappa shape index (κ1) is 13.8. The van der Waals surface area contributed by atoms with Gasteiger partial charge in [0.05, 0.1) is 0 Å². The van der Waals surface area contributed by atoms with Crippen LogP contribution in [0.3, 0.4) is 0 Å². The fourth-order valence-electron chi connectivity index (χ4n) is 1.92. The summed E-state index contributed by atoms with van der Waals surface area (Å²) >= 11 is 1.77. The van der Waals surface area contributed by atoms with E-state index in [1.165, 1.54) is 4.88 Å². The number of nitrogens with zero attached hydrogens (tertiary/aromatic N) is 2. The van der Waals surface area contributed by atoms with Gasteiger partial charge in [0.15, 0.2) is 0 Å². The summed E-state index contributed by atoms with van der Waals surface area (Å²) in [7, 11) is 0. The second kappa shape index (κ2) is 5.99. The van der Waals surface area contributed by atoms with Crippen LogP contribution in [-0.4, -0.2) is 16.0 Å². The summed E-state index contributed by atoms with van der Waals surface area (Å²) < 4.78 is 0. The molecule has 5 nitrogen and oxygen atoms in total. The molecule has 2 heterocycles. The van der Waals surface area contributed by atoms with Crippen LogP contribution in [0.5, 0.6) is 0 Å². The Morgan fingerprint density at radius 2 is 2.05 bits per heavy atom. The number of thiophene rings is 1. The van der Waals surface area contributed by atoms with Crippen molar-refractivity contribution in [2.24, 2.45) is 5.84 Å². The maximum atomic E-state index is 5.46. The van der Waals surface area contributed by atoms with Gasteiger partial charge in [0, 0.05) is 22.9 Å². The van der Waals surface area contributed by atoms with Gasteiger partial charge in [-0.3, -0.25) is 0 Å². The Balaban J connectivity index is 2.12. The largest absolute Gasteiger partial charge is 0.367 e. The number of nitrogen functional groups attached to an aromatic ring is 1. The standard InChI is InChI=1S/C13H19N5S/c1-8(7-11-5-4-6-19-11)15-12-9(2)13(18-14)17-10(3)16-12/h4-6,8H,7,14H2,1-3H3,(H2,15,16,17,18). The molecule has 1 unspecified atom stereocenters. The van der Waals surface area contributed by atoms with Gasteiger partial charge in [-0.05, 0) is 32.2 Å². The van der Waals surface area contributed by atoms with Crippen molar-refractivity contribution >= 4 is 23.0 Å². The molecule has 19 heavy (non-hydrogen) atoms. The Hall–Kier alpha value is -1.66.